The van der Waals surface area contributed by atoms with Crippen molar-refractivity contribution >= 4 is 25.9 Å². The molecule has 2 N–H and O–H groups in total. The predicted molar refractivity (Wildman–Crippen MR) is 79.1 cm³/mol. The molecule has 1 atom stereocenters. The van der Waals surface area contributed by atoms with Crippen LogP contribution in [0.15, 0.2) is 0 Å². The van der Waals surface area contributed by atoms with E-state index in [-0.39, 0.29) is 6.04 Å². The minimum absolute atomic E-state index is 0.240. The maximum absolute atomic E-state index is 6.20. The van der Waals surface area contributed by atoms with Crippen molar-refractivity contribution < 1.29 is 8.23 Å². The monoisotopic (exact) mass is 279 g/mol. The first-order valence-corrected chi connectivity index (χ1v) is 14.7. The van der Waals surface area contributed by atoms with Gasteiger partial charge in [-0.05, 0) is 45.7 Å². The Bertz CT molecular complexity index is 185. The molecule has 6 heteroatoms. The summed E-state index contributed by atoms with van der Waals surface area (Å²) in [4.78, 5) is 0. The van der Waals surface area contributed by atoms with Crippen molar-refractivity contribution in [2.45, 2.75) is 64.7 Å². The number of rotatable bonds is 7. The first-order valence-electron chi connectivity index (χ1n) is 6.14. The predicted octanol–water partition coefficient (Wildman–Crippen LogP) is 2.65. The fraction of sp³-hybridized carbons (Fsp3) is 1.00. The van der Waals surface area contributed by atoms with E-state index in [0.29, 0.717) is 0 Å². The van der Waals surface area contributed by atoms with Crippen molar-refractivity contribution in [2.75, 3.05) is 0 Å². The van der Waals surface area contributed by atoms with Crippen LogP contribution in [0, 0.1) is 0 Å². The molecule has 0 aliphatic carbocycles. The molecule has 0 amide bonds. The van der Waals surface area contributed by atoms with Crippen molar-refractivity contribution in [3.63, 3.8) is 0 Å². The summed E-state index contributed by atoms with van der Waals surface area (Å²) >= 11 is 0. The number of hydrogen-bond acceptors (Lipinski definition) is 3. The van der Waals surface area contributed by atoms with E-state index in [1.54, 1.807) is 0 Å². The number of hydrogen-bond donors (Lipinski definition) is 1. The fourth-order valence-corrected chi connectivity index (χ4v) is 9.86. The van der Waals surface area contributed by atoms with Crippen LogP contribution in [0.2, 0.25) is 45.3 Å². The molecule has 0 spiro atoms. The van der Waals surface area contributed by atoms with Gasteiger partial charge in [0.05, 0.1) is 0 Å². The van der Waals surface area contributed by atoms with Crippen LogP contribution in [0.5, 0.6) is 0 Å². The van der Waals surface area contributed by atoms with Gasteiger partial charge in [-0.2, -0.15) is 0 Å². The van der Waals surface area contributed by atoms with Gasteiger partial charge in [-0.15, -0.1) is 0 Å². The van der Waals surface area contributed by atoms with Crippen molar-refractivity contribution in [2.24, 2.45) is 5.73 Å². The van der Waals surface area contributed by atoms with Gasteiger partial charge in [0.25, 0.3) is 0 Å². The van der Waals surface area contributed by atoms with E-state index in [1.807, 2.05) is 0 Å². The fourth-order valence-electron chi connectivity index (χ4n) is 1.32. The smallest absolute Gasteiger partial charge is 0.302 e. The van der Waals surface area contributed by atoms with Gasteiger partial charge in [0.2, 0.25) is 0 Å². The number of nitrogens with two attached hydrogens (primary N) is 1. The molecule has 0 bridgehead atoms. The molecule has 0 aromatic heterocycles. The van der Waals surface area contributed by atoms with Crippen molar-refractivity contribution in [1.29, 1.82) is 0 Å². The molecule has 0 aliphatic rings. The molecular weight excluding hydrogens is 250 g/mol. The van der Waals surface area contributed by atoms with Crippen LogP contribution in [0.3, 0.4) is 0 Å². The lowest BCUT2D eigenvalue weighted by Gasteiger charge is -2.31. The zero-order chi connectivity index (χ0) is 13.0. The Kier molecular flexibility index (Phi) is 6.67. The second-order valence-corrected chi connectivity index (χ2v) is 18.0. The highest BCUT2D eigenvalue weighted by atomic mass is 28.4. The Balaban J connectivity index is 4.39. The van der Waals surface area contributed by atoms with Crippen molar-refractivity contribution in [3.8, 4) is 0 Å². The van der Waals surface area contributed by atoms with Crippen LogP contribution in [-0.4, -0.2) is 32.0 Å². The quantitative estimate of drug-likeness (QED) is 0.729. The zero-order valence-corrected chi connectivity index (χ0v) is 15.1. The molecule has 1 unspecified atom stereocenters. The lowest BCUT2D eigenvalue weighted by molar-refractivity contribution is 0.409. The standard InChI is InChI=1S/C10H29NO2Si3/c1-8-10(11)9-14(12-15(2,3)4)13-16(5,6)7/h10,14H,8-9,11H2,1-7H3. The van der Waals surface area contributed by atoms with Crippen molar-refractivity contribution in [3.05, 3.63) is 0 Å². The largest absolute Gasteiger partial charge is 0.439 e. The van der Waals surface area contributed by atoms with Crippen LogP contribution >= 0.6 is 0 Å². The summed E-state index contributed by atoms with van der Waals surface area (Å²) < 4.78 is 12.4. The first-order chi connectivity index (χ1) is 7.03. The minimum Gasteiger partial charge on any atom is -0.439 e. The molecule has 0 saturated heterocycles. The second-order valence-electron chi connectivity index (χ2n) is 6.29. The molecule has 0 aliphatic heterocycles. The lowest BCUT2D eigenvalue weighted by Crippen LogP contribution is -2.45. The van der Waals surface area contributed by atoms with E-state index in [2.05, 4.69) is 46.2 Å². The molecule has 98 valence electrons. The molecule has 0 rings (SSSR count). The van der Waals surface area contributed by atoms with Gasteiger partial charge < -0.3 is 14.0 Å². The maximum Gasteiger partial charge on any atom is 0.302 e. The highest BCUT2D eigenvalue weighted by molar-refractivity contribution is 6.81. The van der Waals surface area contributed by atoms with E-state index in [0.717, 1.165) is 12.5 Å². The van der Waals surface area contributed by atoms with Crippen LogP contribution in [0.4, 0.5) is 0 Å². The molecule has 0 radical (unpaired) electrons. The average molecular weight is 280 g/mol. The third kappa shape index (κ3) is 9.74. The molecule has 0 aromatic carbocycles. The summed E-state index contributed by atoms with van der Waals surface area (Å²) in [5.74, 6) is 0. The van der Waals surface area contributed by atoms with Crippen LogP contribution in [-0.2, 0) is 8.23 Å². The van der Waals surface area contributed by atoms with E-state index in [4.69, 9.17) is 14.0 Å². The topological polar surface area (TPSA) is 44.5 Å². The molecule has 0 fully saturated rings. The molecule has 3 nitrogen and oxygen atoms in total. The Morgan fingerprint density at radius 2 is 1.38 bits per heavy atom. The van der Waals surface area contributed by atoms with Gasteiger partial charge in [-0.1, -0.05) is 6.92 Å². The minimum atomic E-state index is -1.56. The van der Waals surface area contributed by atoms with Gasteiger partial charge in [0.1, 0.15) is 0 Å². The lowest BCUT2D eigenvalue weighted by atomic mass is 10.3. The van der Waals surface area contributed by atoms with Crippen LogP contribution < -0.4 is 5.73 Å². The van der Waals surface area contributed by atoms with Crippen LogP contribution in [0.1, 0.15) is 13.3 Å². The molecule has 0 heterocycles. The average Bonchev–Trinajstić information content (AvgIpc) is 1.97. The van der Waals surface area contributed by atoms with Crippen LogP contribution in [0.25, 0.3) is 0 Å². The second kappa shape index (κ2) is 6.46. The third-order valence-corrected chi connectivity index (χ3v) is 10.7. The van der Waals surface area contributed by atoms with E-state index < -0.39 is 25.9 Å². The molecule has 0 aromatic rings. The SMILES string of the molecule is CCC(N)C[SiH](O[Si](C)(C)C)O[Si](C)(C)C. The Labute approximate surface area is 105 Å². The van der Waals surface area contributed by atoms with E-state index in [9.17, 15) is 0 Å². The summed E-state index contributed by atoms with van der Waals surface area (Å²) in [5.41, 5.74) is 6.02. The van der Waals surface area contributed by atoms with Crippen molar-refractivity contribution in [1.82, 2.24) is 0 Å². The Morgan fingerprint density at radius 3 is 1.62 bits per heavy atom. The molecule has 0 saturated carbocycles. The summed E-state index contributed by atoms with van der Waals surface area (Å²) in [6.45, 7) is 15.4. The highest BCUT2D eigenvalue weighted by Gasteiger charge is 2.29. The summed E-state index contributed by atoms with van der Waals surface area (Å²) in [7, 11) is -4.55. The normalized spacial score (nSPS) is 15.6. The highest BCUT2D eigenvalue weighted by Crippen LogP contribution is 2.15. The third-order valence-electron chi connectivity index (χ3n) is 1.99. The summed E-state index contributed by atoms with van der Waals surface area (Å²) in [5, 5.41) is 0. The Hall–Kier alpha value is 0.531. The van der Waals surface area contributed by atoms with Gasteiger partial charge in [0, 0.05) is 12.1 Å². The van der Waals surface area contributed by atoms with E-state index in [1.165, 1.54) is 0 Å². The zero-order valence-electron chi connectivity index (χ0n) is 12.0. The van der Waals surface area contributed by atoms with Gasteiger partial charge in [0.15, 0.2) is 16.6 Å². The summed E-state index contributed by atoms with van der Waals surface area (Å²) in [6, 6.07) is 1.19. The Morgan fingerprint density at radius 1 is 1.00 bits per heavy atom. The van der Waals surface area contributed by atoms with Gasteiger partial charge in [-0.3, -0.25) is 0 Å². The molecular formula is C10H29NO2Si3. The first kappa shape index (κ1) is 16.5. The maximum atomic E-state index is 6.20. The molecule has 16 heavy (non-hydrogen) atoms. The van der Waals surface area contributed by atoms with Gasteiger partial charge in [-0.25, -0.2) is 0 Å². The van der Waals surface area contributed by atoms with E-state index >= 15 is 0 Å². The summed E-state index contributed by atoms with van der Waals surface area (Å²) in [6.07, 6.45) is 1.01. The van der Waals surface area contributed by atoms with Gasteiger partial charge >= 0.3 is 9.28 Å².